The number of halogens is 2. The van der Waals surface area contributed by atoms with E-state index in [0.29, 0.717) is 4.47 Å². The lowest BCUT2D eigenvalue weighted by molar-refractivity contribution is 0.0342. The lowest BCUT2D eigenvalue weighted by atomic mass is 10.1. The maximum atomic E-state index is 10.1. The molecular formula is C19H19Br2NO2. The highest BCUT2D eigenvalue weighted by molar-refractivity contribution is 9.11. The summed E-state index contributed by atoms with van der Waals surface area (Å²) in [5.74, 6) is 0.249. The molecular weight excluding hydrogens is 434 g/mol. The Kier molecular flexibility index (Phi) is 6.11. The first kappa shape index (κ1) is 17.7. The van der Waals surface area contributed by atoms with Crippen molar-refractivity contribution in [1.29, 1.82) is 0 Å². The molecule has 2 aromatic carbocycles. The van der Waals surface area contributed by atoms with Gasteiger partial charge in [0.2, 0.25) is 0 Å². The third-order valence-corrected chi connectivity index (χ3v) is 5.06. The zero-order valence-corrected chi connectivity index (χ0v) is 16.4. The Bertz CT molecular complexity index is 723. The number of benzene rings is 2. The first-order valence-corrected chi connectivity index (χ1v) is 9.45. The second-order valence-corrected chi connectivity index (χ2v) is 7.56. The maximum Gasteiger partial charge on any atom is 0.137 e. The van der Waals surface area contributed by atoms with E-state index in [1.54, 1.807) is 0 Å². The standard InChI is InChI=1S/C19H19Br2NO2/c20-17-11-16(19(23)18(21)12-17)6-5-14-1-3-15(4-2-14)13-22-7-9-24-10-8-22/h1-6,11-12,23H,7-10,13H2/b6-5+. The van der Waals surface area contributed by atoms with Gasteiger partial charge in [-0.05, 0) is 39.2 Å². The molecule has 2 aromatic rings. The number of hydrogen-bond donors (Lipinski definition) is 1. The van der Waals surface area contributed by atoms with Crippen molar-refractivity contribution < 1.29 is 9.84 Å². The van der Waals surface area contributed by atoms with Crippen LogP contribution in [-0.2, 0) is 11.3 Å². The van der Waals surface area contributed by atoms with Gasteiger partial charge in [-0.15, -0.1) is 0 Å². The monoisotopic (exact) mass is 451 g/mol. The van der Waals surface area contributed by atoms with Gasteiger partial charge in [0.1, 0.15) is 5.75 Å². The van der Waals surface area contributed by atoms with Crippen LogP contribution in [0.5, 0.6) is 5.75 Å². The van der Waals surface area contributed by atoms with Crippen molar-refractivity contribution in [2.45, 2.75) is 6.54 Å². The normalized spacial score (nSPS) is 15.9. The molecule has 0 atom stereocenters. The average molecular weight is 453 g/mol. The Morgan fingerprint density at radius 1 is 1.04 bits per heavy atom. The molecule has 1 N–H and O–H groups in total. The zero-order chi connectivity index (χ0) is 16.9. The summed E-state index contributed by atoms with van der Waals surface area (Å²) >= 11 is 6.79. The fourth-order valence-electron chi connectivity index (χ4n) is 2.65. The van der Waals surface area contributed by atoms with E-state index in [1.807, 2.05) is 24.3 Å². The number of morpholine rings is 1. The molecule has 0 saturated carbocycles. The van der Waals surface area contributed by atoms with Crippen molar-refractivity contribution in [2.24, 2.45) is 0 Å². The molecule has 3 nitrogen and oxygen atoms in total. The van der Waals surface area contributed by atoms with Crippen LogP contribution in [0.1, 0.15) is 16.7 Å². The number of ether oxygens (including phenoxy) is 1. The van der Waals surface area contributed by atoms with E-state index in [1.165, 1.54) is 5.56 Å². The lowest BCUT2D eigenvalue weighted by Gasteiger charge is -2.26. The van der Waals surface area contributed by atoms with Gasteiger partial charge >= 0.3 is 0 Å². The Balaban J connectivity index is 1.67. The predicted octanol–water partition coefficient (Wildman–Crippen LogP) is 4.92. The first-order valence-electron chi connectivity index (χ1n) is 7.87. The van der Waals surface area contributed by atoms with E-state index in [-0.39, 0.29) is 5.75 Å². The molecule has 0 spiro atoms. The fraction of sp³-hybridized carbons (Fsp3) is 0.263. The summed E-state index contributed by atoms with van der Waals surface area (Å²) in [4.78, 5) is 2.41. The Morgan fingerprint density at radius 2 is 1.75 bits per heavy atom. The van der Waals surface area contributed by atoms with Crippen LogP contribution in [0.25, 0.3) is 12.2 Å². The van der Waals surface area contributed by atoms with Gasteiger partial charge in [0.15, 0.2) is 0 Å². The number of aromatic hydroxyl groups is 1. The number of phenols is 1. The van der Waals surface area contributed by atoms with Gasteiger partial charge in [-0.25, -0.2) is 0 Å². The first-order chi connectivity index (χ1) is 11.6. The van der Waals surface area contributed by atoms with E-state index in [9.17, 15) is 5.11 Å². The topological polar surface area (TPSA) is 32.7 Å². The number of rotatable bonds is 4. The summed E-state index contributed by atoms with van der Waals surface area (Å²) in [6.07, 6.45) is 3.92. The predicted molar refractivity (Wildman–Crippen MR) is 105 cm³/mol. The van der Waals surface area contributed by atoms with Crippen LogP contribution in [0.15, 0.2) is 45.3 Å². The van der Waals surface area contributed by atoms with Gasteiger partial charge < -0.3 is 9.84 Å². The second kappa shape index (κ2) is 8.30. The van der Waals surface area contributed by atoms with E-state index >= 15 is 0 Å². The van der Waals surface area contributed by atoms with Gasteiger partial charge in [-0.3, -0.25) is 4.90 Å². The third-order valence-electron chi connectivity index (χ3n) is 4.00. The minimum absolute atomic E-state index is 0.249. The van der Waals surface area contributed by atoms with E-state index in [4.69, 9.17) is 4.74 Å². The van der Waals surface area contributed by atoms with Gasteiger partial charge in [-0.1, -0.05) is 52.3 Å². The smallest absolute Gasteiger partial charge is 0.137 e. The summed E-state index contributed by atoms with van der Waals surface area (Å²) in [7, 11) is 0. The summed E-state index contributed by atoms with van der Waals surface area (Å²) in [6.45, 7) is 4.61. The van der Waals surface area contributed by atoms with Crippen molar-refractivity contribution in [3.05, 3.63) is 62.0 Å². The second-order valence-electron chi connectivity index (χ2n) is 5.79. The highest BCUT2D eigenvalue weighted by Gasteiger charge is 2.10. The van der Waals surface area contributed by atoms with Crippen LogP contribution < -0.4 is 0 Å². The number of hydrogen-bond acceptors (Lipinski definition) is 3. The largest absolute Gasteiger partial charge is 0.506 e. The molecule has 1 saturated heterocycles. The van der Waals surface area contributed by atoms with Crippen LogP contribution >= 0.6 is 31.9 Å². The van der Waals surface area contributed by atoms with Gasteiger partial charge in [0.25, 0.3) is 0 Å². The third kappa shape index (κ3) is 4.70. The van der Waals surface area contributed by atoms with E-state index in [2.05, 4.69) is 61.0 Å². The highest BCUT2D eigenvalue weighted by atomic mass is 79.9. The minimum Gasteiger partial charge on any atom is -0.506 e. The molecule has 0 radical (unpaired) electrons. The van der Waals surface area contributed by atoms with E-state index in [0.717, 1.165) is 48.4 Å². The van der Waals surface area contributed by atoms with Gasteiger partial charge in [0, 0.05) is 29.7 Å². The molecule has 1 heterocycles. The van der Waals surface area contributed by atoms with Crippen LogP contribution in [0, 0.1) is 0 Å². The maximum absolute atomic E-state index is 10.1. The van der Waals surface area contributed by atoms with Crippen molar-refractivity contribution in [1.82, 2.24) is 4.90 Å². The fourth-order valence-corrected chi connectivity index (χ4v) is 3.91. The van der Waals surface area contributed by atoms with Crippen LogP contribution in [0.2, 0.25) is 0 Å². The van der Waals surface area contributed by atoms with Crippen molar-refractivity contribution in [2.75, 3.05) is 26.3 Å². The highest BCUT2D eigenvalue weighted by Crippen LogP contribution is 2.32. The van der Waals surface area contributed by atoms with Crippen molar-refractivity contribution >= 4 is 44.0 Å². The Labute approximate surface area is 159 Å². The SMILES string of the molecule is Oc1c(Br)cc(Br)cc1/C=C/c1ccc(CN2CCOCC2)cc1. The zero-order valence-electron chi connectivity index (χ0n) is 13.2. The quantitative estimate of drug-likeness (QED) is 0.668. The van der Waals surface area contributed by atoms with Crippen molar-refractivity contribution in [3.63, 3.8) is 0 Å². The van der Waals surface area contributed by atoms with Crippen LogP contribution in [0.4, 0.5) is 0 Å². The molecule has 3 rings (SSSR count). The minimum atomic E-state index is 0.249. The van der Waals surface area contributed by atoms with Crippen LogP contribution in [-0.4, -0.2) is 36.3 Å². The molecule has 0 bridgehead atoms. The lowest BCUT2D eigenvalue weighted by Crippen LogP contribution is -2.35. The molecule has 0 aliphatic carbocycles. The van der Waals surface area contributed by atoms with E-state index < -0.39 is 0 Å². The number of nitrogens with zero attached hydrogens (tertiary/aromatic N) is 1. The van der Waals surface area contributed by atoms with Gasteiger partial charge in [-0.2, -0.15) is 0 Å². The molecule has 5 heteroatoms. The van der Waals surface area contributed by atoms with Crippen LogP contribution in [0.3, 0.4) is 0 Å². The molecule has 1 fully saturated rings. The average Bonchev–Trinajstić information content (AvgIpc) is 2.59. The molecule has 24 heavy (non-hydrogen) atoms. The molecule has 1 aliphatic rings. The number of phenolic OH excluding ortho intramolecular Hbond substituents is 1. The molecule has 126 valence electrons. The summed E-state index contributed by atoms with van der Waals surface area (Å²) in [6, 6.07) is 12.3. The van der Waals surface area contributed by atoms with Gasteiger partial charge in [0.05, 0.1) is 17.7 Å². The molecule has 0 amide bonds. The summed E-state index contributed by atoms with van der Waals surface area (Å²) < 4.78 is 6.98. The Hall–Kier alpha value is -1.14. The molecule has 1 aliphatic heterocycles. The summed E-state index contributed by atoms with van der Waals surface area (Å²) in [5.41, 5.74) is 3.19. The molecule has 0 unspecified atom stereocenters. The summed E-state index contributed by atoms with van der Waals surface area (Å²) in [5, 5.41) is 10.1. The molecule has 0 aromatic heterocycles. The Morgan fingerprint density at radius 3 is 2.46 bits per heavy atom. The van der Waals surface area contributed by atoms with Crippen molar-refractivity contribution in [3.8, 4) is 5.75 Å².